The van der Waals surface area contributed by atoms with Gasteiger partial charge in [0.15, 0.2) is 0 Å². The molecule has 2 rings (SSSR count). The molecule has 1 aromatic heterocycles. The average Bonchev–Trinajstić information content (AvgIpc) is 2.38. The van der Waals surface area contributed by atoms with Crippen molar-refractivity contribution in [3.05, 3.63) is 65.5 Å². The van der Waals surface area contributed by atoms with Gasteiger partial charge in [-0.15, -0.1) is 0 Å². The lowest BCUT2D eigenvalue weighted by Gasteiger charge is -2.02. The largest absolute Gasteiger partial charge is 0.366 e. The van der Waals surface area contributed by atoms with Crippen LogP contribution in [0.5, 0.6) is 0 Å². The summed E-state index contributed by atoms with van der Waals surface area (Å²) in [5, 5.41) is 0. The Morgan fingerprint density at radius 3 is 2.59 bits per heavy atom. The van der Waals surface area contributed by atoms with Gasteiger partial charge in [0.05, 0.1) is 0 Å². The summed E-state index contributed by atoms with van der Waals surface area (Å²) in [6.07, 6.45) is 3.35. The fourth-order valence-electron chi connectivity index (χ4n) is 1.69. The molecule has 1 amide bonds. The standard InChI is InChI=1S/C14H14N2O/c15-14(17)12-8-9-16-13(10-12)7-6-11-4-2-1-3-5-11/h1-5,8-10H,6-7H2,(H2,15,17). The zero-order valence-electron chi connectivity index (χ0n) is 9.47. The predicted octanol–water partition coefficient (Wildman–Crippen LogP) is 1.97. The highest BCUT2D eigenvalue weighted by Gasteiger charge is 2.02. The maximum atomic E-state index is 11.0. The quantitative estimate of drug-likeness (QED) is 0.866. The Morgan fingerprint density at radius 2 is 1.88 bits per heavy atom. The molecule has 0 fully saturated rings. The number of aromatic nitrogens is 1. The Bertz CT molecular complexity index is 509. The third-order valence-electron chi connectivity index (χ3n) is 2.61. The molecule has 0 atom stereocenters. The predicted molar refractivity (Wildman–Crippen MR) is 66.6 cm³/mol. The lowest BCUT2D eigenvalue weighted by molar-refractivity contribution is 0.1000. The van der Waals surface area contributed by atoms with Gasteiger partial charge in [0.2, 0.25) is 5.91 Å². The zero-order valence-corrected chi connectivity index (χ0v) is 9.47. The van der Waals surface area contributed by atoms with Crippen molar-refractivity contribution in [1.82, 2.24) is 4.98 Å². The first kappa shape index (κ1) is 11.3. The van der Waals surface area contributed by atoms with E-state index in [1.54, 1.807) is 18.3 Å². The van der Waals surface area contributed by atoms with Crippen molar-refractivity contribution >= 4 is 5.91 Å². The van der Waals surface area contributed by atoms with E-state index < -0.39 is 5.91 Å². The molecule has 0 aliphatic carbocycles. The Hall–Kier alpha value is -2.16. The van der Waals surface area contributed by atoms with Crippen molar-refractivity contribution in [3.8, 4) is 0 Å². The van der Waals surface area contributed by atoms with Crippen molar-refractivity contribution in [2.24, 2.45) is 5.73 Å². The molecule has 3 heteroatoms. The number of nitrogens with two attached hydrogens (primary N) is 1. The lowest BCUT2D eigenvalue weighted by Crippen LogP contribution is -2.11. The van der Waals surface area contributed by atoms with E-state index in [2.05, 4.69) is 17.1 Å². The number of benzene rings is 1. The lowest BCUT2D eigenvalue weighted by atomic mass is 10.1. The Kier molecular flexibility index (Phi) is 3.50. The summed E-state index contributed by atoms with van der Waals surface area (Å²) in [6, 6.07) is 13.6. The van der Waals surface area contributed by atoms with E-state index in [1.165, 1.54) is 5.56 Å². The van der Waals surface area contributed by atoms with Crippen molar-refractivity contribution < 1.29 is 4.79 Å². The molecular weight excluding hydrogens is 212 g/mol. The van der Waals surface area contributed by atoms with Crippen LogP contribution in [0, 0.1) is 0 Å². The number of hydrogen-bond donors (Lipinski definition) is 1. The third kappa shape index (κ3) is 3.14. The third-order valence-corrected chi connectivity index (χ3v) is 2.61. The molecule has 0 saturated heterocycles. The summed E-state index contributed by atoms with van der Waals surface area (Å²) >= 11 is 0. The maximum absolute atomic E-state index is 11.0. The SMILES string of the molecule is NC(=O)c1ccnc(CCc2ccccc2)c1. The molecule has 0 aliphatic rings. The first-order valence-electron chi connectivity index (χ1n) is 5.54. The smallest absolute Gasteiger partial charge is 0.248 e. The number of nitrogens with zero attached hydrogens (tertiary/aromatic N) is 1. The van der Waals surface area contributed by atoms with Crippen LogP contribution in [0.2, 0.25) is 0 Å². The normalized spacial score (nSPS) is 10.1. The molecule has 86 valence electrons. The molecule has 0 bridgehead atoms. The fourth-order valence-corrected chi connectivity index (χ4v) is 1.69. The minimum atomic E-state index is -0.409. The van der Waals surface area contributed by atoms with E-state index in [4.69, 9.17) is 5.73 Å². The van der Waals surface area contributed by atoms with Crippen LogP contribution in [0.1, 0.15) is 21.6 Å². The molecule has 0 unspecified atom stereocenters. The topological polar surface area (TPSA) is 56.0 Å². The van der Waals surface area contributed by atoms with Gasteiger partial charge in [0, 0.05) is 17.5 Å². The number of carbonyl (C=O) groups is 1. The Labute approximate surface area is 100 Å². The van der Waals surface area contributed by atoms with Gasteiger partial charge in [-0.05, 0) is 30.5 Å². The van der Waals surface area contributed by atoms with E-state index in [0.717, 1.165) is 18.5 Å². The molecule has 2 N–H and O–H groups in total. The van der Waals surface area contributed by atoms with Gasteiger partial charge in [0.1, 0.15) is 0 Å². The van der Waals surface area contributed by atoms with Gasteiger partial charge in [-0.3, -0.25) is 9.78 Å². The first-order valence-corrected chi connectivity index (χ1v) is 5.54. The fraction of sp³-hybridized carbons (Fsp3) is 0.143. The molecule has 0 radical (unpaired) electrons. The van der Waals surface area contributed by atoms with Gasteiger partial charge in [0.25, 0.3) is 0 Å². The number of pyridine rings is 1. The minimum absolute atomic E-state index is 0.409. The van der Waals surface area contributed by atoms with Crippen molar-refractivity contribution in [2.75, 3.05) is 0 Å². The Morgan fingerprint density at radius 1 is 1.12 bits per heavy atom. The highest BCUT2D eigenvalue weighted by Crippen LogP contribution is 2.07. The molecule has 0 saturated carbocycles. The second-order valence-electron chi connectivity index (χ2n) is 3.89. The van der Waals surface area contributed by atoms with Crippen LogP contribution < -0.4 is 5.73 Å². The highest BCUT2D eigenvalue weighted by molar-refractivity contribution is 5.92. The monoisotopic (exact) mass is 226 g/mol. The molecule has 0 aliphatic heterocycles. The number of rotatable bonds is 4. The maximum Gasteiger partial charge on any atom is 0.248 e. The van der Waals surface area contributed by atoms with Crippen LogP contribution in [-0.4, -0.2) is 10.9 Å². The van der Waals surface area contributed by atoms with Gasteiger partial charge in [-0.2, -0.15) is 0 Å². The van der Waals surface area contributed by atoms with Gasteiger partial charge in [-0.25, -0.2) is 0 Å². The van der Waals surface area contributed by atoms with Crippen LogP contribution in [-0.2, 0) is 12.8 Å². The summed E-state index contributed by atoms with van der Waals surface area (Å²) < 4.78 is 0. The summed E-state index contributed by atoms with van der Waals surface area (Å²) in [7, 11) is 0. The molecule has 17 heavy (non-hydrogen) atoms. The van der Waals surface area contributed by atoms with Gasteiger partial charge in [-0.1, -0.05) is 30.3 Å². The van der Waals surface area contributed by atoms with Crippen molar-refractivity contribution in [3.63, 3.8) is 0 Å². The summed E-state index contributed by atoms with van der Waals surface area (Å²) in [6.45, 7) is 0. The second kappa shape index (κ2) is 5.25. The molecule has 1 aromatic carbocycles. The summed E-state index contributed by atoms with van der Waals surface area (Å²) in [5.41, 5.74) is 7.90. The summed E-state index contributed by atoms with van der Waals surface area (Å²) in [5.74, 6) is -0.409. The summed E-state index contributed by atoms with van der Waals surface area (Å²) in [4.78, 5) is 15.3. The number of amides is 1. The first-order chi connectivity index (χ1) is 8.25. The van der Waals surface area contributed by atoms with Crippen LogP contribution in [0.3, 0.4) is 0 Å². The van der Waals surface area contributed by atoms with E-state index in [1.807, 2.05) is 18.2 Å². The minimum Gasteiger partial charge on any atom is -0.366 e. The van der Waals surface area contributed by atoms with Crippen LogP contribution in [0.4, 0.5) is 0 Å². The van der Waals surface area contributed by atoms with Crippen molar-refractivity contribution in [2.45, 2.75) is 12.8 Å². The number of hydrogen-bond acceptors (Lipinski definition) is 2. The molecular formula is C14H14N2O. The second-order valence-corrected chi connectivity index (χ2v) is 3.89. The van der Waals surface area contributed by atoms with Crippen molar-refractivity contribution in [1.29, 1.82) is 0 Å². The number of carbonyl (C=O) groups excluding carboxylic acids is 1. The van der Waals surface area contributed by atoms with E-state index >= 15 is 0 Å². The zero-order chi connectivity index (χ0) is 12.1. The van der Waals surface area contributed by atoms with Gasteiger partial charge >= 0.3 is 0 Å². The molecule has 3 nitrogen and oxygen atoms in total. The van der Waals surface area contributed by atoms with Crippen LogP contribution in [0.15, 0.2) is 48.7 Å². The molecule has 0 spiro atoms. The Balaban J connectivity index is 2.04. The number of aryl methyl sites for hydroxylation is 2. The van der Waals surface area contributed by atoms with Gasteiger partial charge < -0.3 is 5.73 Å². The number of primary amides is 1. The van der Waals surface area contributed by atoms with E-state index in [0.29, 0.717) is 5.56 Å². The van der Waals surface area contributed by atoms with Crippen LogP contribution >= 0.6 is 0 Å². The highest BCUT2D eigenvalue weighted by atomic mass is 16.1. The van der Waals surface area contributed by atoms with E-state index in [-0.39, 0.29) is 0 Å². The average molecular weight is 226 g/mol. The molecule has 1 heterocycles. The van der Waals surface area contributed by atoms with E-state index in [9.17, 15) is 4.79 Å². The van der Waals surface area contributed by atoms with Crippen LogP contribution in [0.25, 0.3) is 0 Å². The molecule has 2 aromatic rings.